The molecule has 0 spiro atoms. The number of alkyl halides is 6. The Morgan fingerprint density at radius 2 is 0.837 bits per heavy atom. The summed E-state index contributed by atoms with van der Waals surface area (Å²) < 4.78 is 147. The fourth-order valence-corrected chi connectivity index (χ4v) is 5.94. The van der Waals surface area contributed by atoms with Crippen LogP contribution in [0.4, 0.5) is 43.9 Å². The Kier molecular flexibility index (Phi) is 7.53. The maximum absolute atomic E-state index is 16.2. The van der Waals surface area contributed by atoms with Crippen molar-refractivity contribution in [2.45, 2.75) is 18.3 Å². The zero-order valence-electron chi connectivity index (χ0n) is 24.4. The van der Waals surface area contributed by atoms with E-state index in [0.717, 1.165) is 12.1 Å². The maximum atomic E-state index is 16.2. The lowest BCUT2D eigenvalue weighted by Gasteiger charge is -2.20. The number of halogens is 10. The smallest absolute Gasteiger partial charge is 0.208 e. The van der Waals surface area contributed by atoms with Crippen molar-refractivity contribution in [3.05, 3.63) is 148 Å². The van der Waals surface area contributed by atoms with Gasteiger partial charge in [-0.3, -0.25) is 0 Å². The van der Waals surface area contributed by atoms with Crippen LogP contribution in [0, 0.1) is 23.3 Å². The number of nitrogens with zero attached hydrogens (tertiary/aromatic N) is 3. The second-order valence-corrected chi connectivity index (χ2v) is 11.1. The molecule has 0 saturated carbocycles. The Morgan fingerprint density at radius 1 is 0.449 bits per heavy atom. The molecule has 0 amide bonds. The SMILES string of the molecule is Fc1c(F)c(C2c3cc(C(F)(F)F)ccc3-c3ccc(C(F)(F)F)cc32)c(F)c(F)c1-c1nc(-c2ccccc2)nc(-c2ccccc2)n1. The lowest BCUT2D eigenvalue weighted by atomic mass is 9.86. The van der Waals surface area contributed by atoms with E-state index in [1.165, 1.54) is 0 Å². The van der Waals surface area contributed by atoms with Crippen LogP contribution < -0.4 is 0 Å². The Morgan fingerprint density at radius 3 is 1.22 bits per heavy atom. The van der Waals surface area contributed by atoms with Gasteiger partial charge in [-0.2, -0.15) is 26.3 Å². The van der Waals surface area contributed by atoms with Crippen molar-refractivity contribution in [3.63, 3.8) is 0 Å². The van der Waals surface area contributed by atoms with E-state index in [2.05, 4.69) is 15.0 Å². The molecule has 5 aromatic carbocycles. The predicted molar refractivity (Wildman–Crippen MR) is 159 cm³/mol. The average molecular weight is 682 g/mol. The highest BCUT2D eigenvalue weighted by Gasteiger charge is 2.42. The summed E-state index contributed by atoms with van der Waals surface area (Å²) in [4.78, 5) is 12.5. The second kappa shape index (κ2) is 11.5. The fourth-order valence-electron chi connectivity index (χ4n) is 5.94. The lowest BCUT2D eigenvalue weighted by molar-refractivity contribution is -0.138. The van der Waals surface area contributed by atoms with Crippen LogP contribution in [0.2, 0.25) is 0 Å². The summed E-state index contributed by atoms with van der Waals surface area (Å²) >= 11 is 0. The molecule has 246 valence electrons. The fraction of sp³-hybridized carbons (Fsp3) is 0.0833. The first-order chi connectivity index (χ1) is 23.2. The molecule has 0 unspecified atom stereocenters. The molecule has 7 rings (SSSR count). The Hall–Kier alpha value is -5.59. The molecule has 0 N–H and O–H groups in total. The van der Waals surface area contributed by atoms with Gasteiger partial charge in [-0.25, -0.2) is 32.5 Å². The van der Waals surface area contributed by atoms with Gasteiger partial charge in [-0.15, -0.1) is 0 Å². The third kappa shape index (κ3) is 5.48. The molecule has 6 aromatic rings. The van der Waals surface area contributed by atoms with Gasteiger partial charge in [0.25, 0.3) is 0 Å². The highest BCUT2D eigenvalue weighted by atomic mass is 19.4. The van der Waals surface area contributed by atoms with E-state index in [1.807, 2.05) is 0 Å². The molecule has 0 fully saturated rings. The van der Waals surface area contributed by atoms with Crippen LogP contribution >= 0.6 is 0 Å². The third-order valence-electron chi connectivity index (χ3n) is 8.18. The number of fused-ring (bicyclic) bond motifs is 3. The first-order valence-corrected chi connectivity index (χ1v) is 14.4. The van der Waals surface area contributed by atoms with Crippen LogP contribution in [-0.4, -0.2) is 15.0 Å². The summed E-state index contributed by atoms with van der Waals surface area (Å²) in [7, 11) is 0. The van der Waals surface area contributed by atoms with Crippen LogP contribution in [0.1, 0.15) is 33.7 Å². The molecule has 0 saturated heterocycles. The van der Waals surface area contributed by atoms with E-state index in [0.29, 0.717) is 35.4 Å². The van der Waals surface area contributed by atoms with E-state index in [-0.39, 0.29) is 22.8 Å². The van der Waals surface area contributed by atoms with Crippen molar-refractivity contribution >= 4 is 0 Å². The summed E-state index contributed by atoms with van der Waals surface area (Å²) in [5, 5.41) is 0. The van der Waals surface area contributed by atoms with Gasteiger partial charge in [0, 0.05) is 22.6 Å². The summed E-state index contributed by atoms with van der Waals surface area (Å²) in [6, 6.07) is 20.3. The number of aromatic nitrogens is 3. The number of rotatable bonds is 4. The highest BCUT2D eigenvalue weighted by molar-refractivity contribution is 5.82. The molecule has 0 atom stereocenters. The number of hydrogen-bond acceptors (Lipinski definition) is 3. The van der Waals surface area contributed by atoms with Gasteiger partial charge in [0.2, 0.25) is 0 Å². The van der Waals surface area contributed by atoms with Gasteiger partial charge < -0.3 is 0 Å². The van der Waals surface area contributed by atoms with Crippen LogP contribution in [0.25, 0.3) is 45.3 Å². The summed E-state index contributed by atoms with van der Waals surface area (Å²) in [5.74, 6) is -11.2. The quantitative estimate of drug-likeness (QED) is 0.137. The normalized spacial score (nSPS) is 13.0. The number of benzene rings is 5. The average Bonchev–Trinajstić information content (AvgIpc) is 3.40. The Balaban J connectivity index is 1.48. The van der Waals surface area contributed by atoms with E-state index in [4.69, 9.17) is 0 Å². The van der Waals surface area contributed by atoms with Crippen molar-refractivity contribution < 1.29 is 43.9 Å². The van der Waals surface area contributed by atoms with E-state index < -0.39 is 80.7 Å². The molecular formula is C36H17F10N3. The first kappa shape index (κ1) is 32.0. The molecule has 1 aromatic heterocycles. The van der Waals surface area contributed by atoms with Crippen LogP contribution in [0.15, 0.2) is 97.1 Å². The number of hydrogen-bond donors (Lipinski definition) is 0. The van der Waals surface area contributed by atoms with Gasteiger partial charge in [0.1, 0.15) is 0 Å². The first-order valence-electron chi connectivity index (χ1n) is 14.4. The Labute approximate surface area is 270 Å². The third-order valence-corrected chi connectivity index (χ3v) is 8.18. The molecule has 1 aliphatic rings. The zero-order chi connectivity index (χ0) is 34.8. The molecule has 1 aliphatic carbocycles. The van der Waals surface area contributed by atoms with Crippen LogP contribution in [0.3, 0.4) is 0 Å². The van der Waals surface area contributed by atoms with E-state index >= 15 is 17.6 Å². The Bertz CT molecular complexity index is 2100. The summed E-state index contributed by atoms with van der Waals surface area (Å²) in [6.45, 7) is 0. The maximum Gasteiger partial charge on any atom is 0.416 e. The summed E-state index contributed by atoms with van der Waals surface area (Å²) in [6.07, 6.45) is -9.93. The van der Waals surface area contributed by atoms with Gasteiger partial charge in [0.15, 0.2) is 40.7 Å². The van der Waals surface area contributed by atoms with Gasteiger partial charge in [0.05, 0.1) is 16.7 Å². The minimum absolute atomic E-state index is 0.0945. The molecule has 0 bridgehead atoms. The summed E-state index contributed by atoms with van der Waals surface area (Å²) in [5.41, 5.74) is -5.79. The van der Waals surface area contributed by atoms with Crippen molar-refractivity contribution in [2.75, 3.05) is 0 Å². The van der Waals surface area contributed by atoms with E-state index in [1.54, 1.807) is 60.7 Å². The predicted octanol–water partition coefficient (Wildman–Crippen LogP) is 10.6. The molecule has 0 aliphatic heterocycles. The minimum Gasteiger partial charge on any atom is -0.208 e. The molecule has 1 heterocycles. The monoisotopic (exact) mass is 681 g/mol. The van der Waals surface area contributed by atoms with Crippen molar-refractivity contribution in [2.24, 2.45) is 0 Å². The molecule has 0 radical (unpaired) electrons. The van der Waals surface area contributed by atoms with Gasteiger partial charge >= 0.3 is 12.4 Å². The highest BCUT2D eigenvalue weighted by Crippen LogP contribution is 2.52. The van der Waals surface area contributed by atoms with Crippen molar-refractivity contribution in [1.29, 1.82) is 0 Å². The van der Waals surface area contributed by atoms with Gasteiger partial charge in [-0.1, -0.05) is 72.8 Å². The van der Waals surface area contributed by atoms with Crippen LogP contribution in [-0.2, 0) is 12.4 Å². The molecule has 3 nitrogen and oxygen atoms in total. The topological polar surface area (TPSA) is 38.7 Å². The zero-order valence-corrected chi connectivity index (χ0v) is 24.4. The van der Waals surface area contributed by atoms with E-state index in [9.17, 15) is 26.3 Å². The second-order valence-electron chi connectivity index (χ2n) is 11.1. The lowest BCUT2D eigenvalue weighted by Crippen LogP contribution is -2.14. The molecule has 13 heteroatoms. The molecular weight excluding hydrogens is 664 g/mol. The van der Waals surface area contributed by atoms with Crippen LogP contribution in [0.5, 0.6) is 0 Å². The van der Waals surface area contributed by atoms with Crippen molar-refractivity contribution in [1.82, 2.24) is 15.0 Å². The minimum atomic E-state index is -4.96. The van der Waals surface area contributed by atoms with Crippen molar-refractivity contribution in [3.8, 4) is 45.3 Å². The molecule has 49 heavy (non-hydrogen) atoms. The standard InChI is InChI=1S/C36H17F10N3/c37-28-26(25-23-15-19(35(41,42)43)11-13-21(23)22-14-12-20(16-24(22)25)36(44,45)46)29(38)31(40)27(30(28)39)34-48-32(17-7-3-1-4-8-17)47-33(49-34)18-9-5-2-6-10-18/h1-16,25H. The largest absolute Gasteiger partial charge is 0.416 e. The van der Waals surface area contributed by atoms with Gasteiger partial charge in [-0.05, 0) is 46.5 Å².